The predicted octanol–water partition coefficient (Wildman–Crippen LogP) is 1.95. The van der Waals surface area contributed by atoms with Crippen molar-refractivity contribution in [3.63, 3.8) is 0 Å². The number of rotatable bonds is 2. The molecule has 0 saturated heterocycles. The Morgan fingerprint density at radius 2 is 2.33 bits per heavy atom. The number of esters is 1. The number of methoxy groups -OCH3 is 1. The van der Waals surface area contributed by atoms with Gasteiger partial charge in [-0.15, -0.1) is 0 Å². The molecular formula is C10H8BrNO3. The first kappa shape index (κ1) is 11.5. The van der Waals surface area contributed by atoms with Gasteiger partial charge in [-0.05, 0) is 12.1 Å². The molecule has 0 aromatic heterocycles. The zero-order valence-electron chi connectivity index (χ0n) is 7.95. The fourth-order valence-corrected chi connectivity index (χ4v) is 1.72. The van der Waals surface area contributed by atoms with Crippen molar-refractivity contribution in [2.75, 3.05) is 7.11 Å². The van der Waals surface area contributed by atoms with Gasteiger partial charge in [-0.2, -0.15) is 5.26 Å². The zero-order chi connectivity index (χ0) is 11.4. The van der Waals surface area contributed by atoms with Gasteiger partial charge in [0, 0.05) is 10.9 Å². The van der Waals surface area contributed by atoms with Gasteiger partial charge < -0.3 is 9.84 Å². The number of halogens is 1. The summed E-state index contributed by atoms with van der Waals surface area (Å²) in [6.45, 7) is 0. The molecule has 0 aliphatic carbocycles. The third-order valence-electron chi connectivity index (χ3n) is 1.90. The van der Waals surface area contributed by atoms with Gasteiger partial charge >= 0.3 is 5.97 Å². The predicted molar refractivity (Wildman–Crippen MR) is 56.8 cm³/mol. The van der Waals surface area contributed by atoms with E-state index in [0.29, 0.717) is 10.9 Å². The van der Waals surface area contributed by atoms with E-state index in [4.69, 9.17) is 5.26 Å². The van der Waals surface area contributed by atoms with Crippen LogP contribution >= 0.6 is 15.9 Å². The Kier molecular flexibility index (Phi) is 3.69. The van der Waals surface area contributed by atoms with Crippen molar-refractivity contribution < 1.29 is 14.6 Å². The SMILES string of the molecule is COC(=O)c1cc(O)c(CBr)c(C#N)c1. The fraction of sp³-hybridized carbons (Fsp3) is 0.200. The van der Waals surface area contributed by atoms with Crippen LogP contribution in [0, 0.1) is 11.3 Å². The molecule has 0 spiro atoms. The summed E-state index contributed by atoms with van der Waals surface area (Å²) in [6, 6.07) is 4.58. The Labute approximate surface area is 95.2 Å². The molecule has 0 aliphatic heterocycles. The highest BCUT2D eigenvalue weighted by molar-refractivity contribution is 9.08. The first-order valence-corrected chi connectivity index (χ1v) is 5.16. The number of carbonyl (C=O) groups excluding carboxylic acids is 1. The number of hydrogen-bond donors (Lipinski definition) is 1. The molecule has 1 aromatic carbocycles. The Bertz CT molecular complexity index is 437. The molecule has 0 saturated carbocycles. The molecule has 4 nitrogen and oxygen atoms in total. The number of phenolic OH excluding ortho intramolecular Hbond substituents is 1. The number of hydrogen-bond acceptors (Lipinski definition) is 4. The molecule has 15 heavy (non-hydrogen) atoms. The molecule has 0 atom stereocenters. The molecule has 0 unspecified atom stereocenters. The maximum Gasteiger partial charge on any atom is 0.338 e. The van der Waals surface area contributed by atoms with Gasteiger partial charge in [0.25, 0.3) is 0 Å². The Morgan fingerprint density at radius 3 is 2.80 bits per heavy atom. The molecule has 0 aliphatic rings. The maximum atomic E-state index is 11.2. The van der Waals surface area contributed by atoms with Crippen LogP contribution in [0.3, 0.4) is 0 Å². The first-order valence-electron chi connectivity index (χ1n) is 4.04. The van der Waals surface area contributed by atoms with E-state index in [9.17, 15) is 9.90 Å². The second-order valence-electron chi connectivity index (χ2n) is 2.76. The largest absolute Gasteiger partial charge is 0.508 e. The Balaban J connectivity index is 3.33. The molecule has 1 N–H and O–H groups in total. The smallest absolute Gasteiger partial charge is 0.338 e. The van der Waals surface area contributed by atoms with E-state index in [0.717, 1.165) is 0 Å². The minimum atomic E-state index is -0.581. The van der Waals surface area contributed by atoms with Crippen LogP contribution < -0.4 is 0 Å². The Morgan fingerprint density at radius 1 is 1.67 bits per heavy atom. The summed E-state index contributed by atoms with van der Waals surface area (Å²) in [5.74, 6) is -0.672. The molecule has 0 fully saturated rings. The minimum Gasteiger partial charge on any atom is -0.508 e. The number of aromatic hydroxyl groups is 1. The van der Waals surface area contributed by atoms with Crippen molar-refractivity contribution in [1.29, 1.82) is 5.26 Å². The van der Waals surface area contributed by atoms with Crippen LogP contribution in [0.2, 0.25) is 0 Å². The lowest BCUT2D eigenvalue weighted by molar-refractivity contribution is 0.0600. The topological polar surface area (TPSA) is 70.3 Å². The lowest BCUT2D eigenvalue weighted by Gasteiger charge is -2.06. The van der Waals surface area contributed by atoms with Crippen LogP contribution in [-0.2, 0) is 10.1 Å². The van der Waals surface area contributed by atoms with Crippen molar-refractivity contribution in [3.8, 4) is 11.8 Å². The summed E-state index contributed by atoms with van der Waals surface area (Å²) in [5.41, 5.74) is 0.883. The van der Waals surface area contributed by atoms with Gasteiger partial charge in [-0.1, -0.05) is 15.9 Å². The maximum absolute atomic E-state index is 11.2. The molecule has 0 heterocycles. The number of nitriles is 1. The number of ether oxygens (including phenoxy) is 1. The standard InChI is InChI=1S/C10H8BrNO3/c1-15-10(14)6-2-7(5-12)8(4-11)9(13)3-6/h2-3,13H,4H2,1H3. The first-order chi connectivity index (χ1) is 7.13. The van der Waals surface area contributed by atoms with Gasteiger partial charge in [-0.3, -0.25) is 0 Å². The van der Waals surface area contributed by atoms with Crippen molar-refractivity contribution in [2.24, 2.45) is 0 Å². The third-order valence-corrected chi connectivity index (χ3v) is 2.46. The molecule has 1 aromatic rings. The summed E-state index contributed by atoms with van der Waals surface area (Å²) < 4.78 is 4.49. The van der Waals surface area contributed by atoms with Gasteiger partial charge in [0.1, 0.15) is 5.75 Å². The zero-order valence-corrected chi connectivity index (χ0v) is 9.54. The fourth-order valence-electron chi connectivity index (χ4n) is 1.13. The molecule has 0 amide bonds. The summed E-state index contributed by atoms with van der Waals surface area (Å²) in [7, 11) is 1.24. The van der Waals surface area contributed by atoms with E-state index < -0.39 is 5.97 Å². The van der Waals surface area contributed by atoms with Gasteiger partial charge in [-0.25, -0.2) is 4.79 Å². The van der Waals surface area contributed by atoms with Crippen LogP contribution in [0.1, 0.15) is 21.5 Å². The summed E-state index contributed by atoms with van der Waals surface area (Å²) in [6.07, 6.45) is 0. The van der Waals surface area contributed by atoms with E-state index in [2.05, 4.69) is 20.7 Å². The van der Waals surface area contributed by atoms with E-state index in [-0.39, 0.29) is 16.9 Å². The molecule has 78 valence electrons. The van der Waals surface area contributed by atoms with Crippen molar-refractivity contribution in [1.82, 2.24) is 0 Å². The van der Waals surface area contributed by atoms with E-state index in [1.165, 1.54) is 19.2 Å². The quantitative estimate of drug-likeness (QED) is 0.658. The highest BCUT2D eigenvalue weighted by atomic mass is 79.9. The number of nitrogens with zero attached hydrogens (tertiary/aromatic N) is 1. The number of carbonyl (C=O) groups is 1. The van der Waals surface area contributed by atoms with E-state index in [1.54, 1.807) is 0 Å². The summed E-state index contributed by atoms with van der Waals surface area (Å²) in [5, 5.41) is 18.7. The molecule has 1 rings (SSSR count). The van der Waals surface area contributed by atoms with Gasteiger partial charge in [0.2, 0.25) is 0 Å². The van der Waals surface area contributed by atoms with Crippen molar-refractivity contribution >= 4 is 21.9 Å². The number of benzene rings is 1. The molecule has 0 bridgehead atoms. The monoisotopic (exact) mass is 269 g/mol. The van der Waals surface area contributed by atoms with Crippen molar-refractivity contribution in [2.45, 2.75) is 5.33 Å². The van der Waals surface area contributed by atoms with Crippen LogP contribution in [0.25, 0.3) is 0 Å². The third kappa shape index (κ3) is 2.28. The number of alkyl halides is 1. The summed E-state index contributed by atoms with van der Waals surface area (Å²) in [4.78, 5) is 11.2. The highest BCUT2D eigenvalue weighted by Crippen LogP contribution is 2.25. The molecule has 0 radical (unpaired) electrons. The highest BCUT2D eigenvalue weighted by Gasteiger charge is 2.13. The normalized spacial score (nSPS) is 9.40. The second kappa shape index (κ2) is 4.80. The van der Waals surface area contributed by atoms with Crippen LogP contribution in [0.15, 0.2) is 12.1 Å². The number of phenols is 1. The second-order valence-corrected chi connectivity index (χ2v) is 3.32. The molecular weight excluding hydrogens is 262 g/mol. The lowest BCUT2D eigenvalue weighted by Crippen LogP contribution is -2.02. The average molecular weight is 270 g/mol. The van der Waals surface area contributed by atoms with Crippen molar-refractivity contribution in [3.05, 3.63) is 28.8 Å². The minimum absolute atomic E-state index is 0.0914. The van der Waals surface area contributed by atoms with Crippen LogP contribution in [0.4, 0.5) is 0 Å². The Hall–Kier alpha value is -1.54. The lowest BCUT2D eigenvalue weighted by atomic mass is 10.0. The average Bonchev–Trinajstić information content (AvgIpc) is 2.26. The van der Waals surface area contributed by atoms with E-state index in [1.807, 2.05) is 6.07 Å². The van der Waals surface area contributed by atoms with Gasteiger partial charge in [0.05, 0.1) is 24.3 Å². The summed E-state index contributed by atoms with van der Waals surface area (Å²) >= 11 is 3.15. The van der Waals surface area contributed by atoms with E-state index >= 15 is 0 Å². The van der Waals surface area contributed by atoms with Crippen LogP contribution in [-0.4, -0.2) is 18.2 Å². The van der Waals surface area contributed by atoms with Gasteiger partial charge in [0.15, 0.2) is 0 Å². The molecule has 5 heteroatoms. The van der Waals surface area contributed by atoms with Crippen LogP contribution in [0.5, 0.6) is 5.75 Å².